The fourth-order valence-electron chi connectivity index (χ4n) is 1.13. The van der Waals surface area contributed by atoms with Crippen LogP contribution in [0.2, 0.25) is 0 Å². The molecule has 0 radical (unpaired) electrons. The summed E-state index contributed by atoms with van der Waals surface area (Å²) in [4.78, 5) is 1.43. The Bertz CT molecular complexity index is 237. The molecule has 0 saturated carbocycles. The van der Waals surface area contributed by atoms with Gasteiger partial charge in [-0.3, -0.25) is 0 Å². The number of hydrogen-bond acceptors (Lipinski definition) is 2. The van der Waals surface area contributed by atoms with Crippen LogP contribution in [0.25, 0.3) is 0 Å². The summed E-state index contributed by atoms with van der Waals surface area (Å²) in [5.74, 6) is 0. The molecule has 1 heterocycles. The van der Waals surface area contributed by atoms with Crippen molar-refractivity contribution in [3.8, 4) is 0 Å². The highest BCUT2D eigenvalue weighted by Crippen LogP contribution is 2.27. The van der Waals surface area contributed by atoms with Gasteiger partial charge in [0, 0.05) is 10.4 Å². The molecule has 1 rings (SSSR count). The molecule has 0 aromatic carbocycles. The molecule has 0 saturated heterocycles. The van der Waals surface area contributed by atoms with Crippen molar-refractivity contribution in [1.82, 2.24) is 5.32 Å². The van der Waals surface area contributed by atoms with Gasteiger partial charge in [-0.05, 0) is 44.8 Å². The fourth-order valence-corrected chi connectivity index (χ4v) is 2.19. The maximum Gasteiger partial charge on any atom is 0.0471 e. The number of thiophene rings is 1. The molecule has 0 aliphatic carbocycles. The van der Waals surface area contributed by atoms with Gasteiger partial charge < -0.3 is 5.32 Å². The van der Waals surface area contributed by atoms with Crippen LogP contribution in [0.4, 0.5) is 0 Å². The average molecular weight is 169 g/mol. The second-order valence-electron chi connectivity index (χ2n) is 3.31. The van der Waals surface area contributed by atoms with Gasteiger partial charge in [-0.1, -0.05) is 0 Å². The molecule has 0 aliphatic heterocycles. The summed E-state index contributed by atoms with van der Waals surface area (Å²) >= 11 is 1.82. The zero-order chi connectivity index (χ0) is 8.48. The van der Waals surface area contributed by atoms with E-state index in [-0.39, 0.29) is 5.54 Å². The van der Waals surface area contributed by atoms with Crippen molar-refractivity contribution in [3.63, 3.8) is 0 Å². The van der Waals surface area contributed by atoms with E-state index in [9.17, 15) is 0 Å². The van der Waals surface area contributed by atoms with Crippen LogP contribution >= 0.6 is 11.3 Å². The van der Waals surface area contributed by atoms with Gasteiger partial charge in [-0.15, -0.1) is 11.3 Å². The lowest BCUT2D eigenvalue weighted by Gasteiger charge is -2.23. The largest absolute Gasteiger partial charge is 0.310 e. The molecule has 0 unspecified atom stereocenters. The van der Waals surface area contributed by atoms with Gasteiger partial charge in [-0.25, -0.2) is 0 Å². The molecular weight excluding hydrogens is 154 g/mol. The molecule has 0 aliphatic rings. The summed E-state index contributed by atoms with van der Waals surface area (Å²) in [5, 5.41) is 5.44. The van der Waals surface area contributed by atoms with Crippen molar-refractivity contribution in [1.29, 1.82) is 0 Å². The zero-order valence-corrected chi connectivity index (χ0v) is 8.38. The second-order valence-corrected chi connectivity index (χ2v) is 4.22. The summed E-state index contributed by atoms with van der Waals surface area (Å²) in [6.45, 7) is 6.56. The Morgan fingerprint density at radius 2 is 2.09 bits per heavy atom. The minimum Gasteiger partial charge on any atom is -0.310 e. The molecule has 62 valence electrons. The van der Waals surface area contributed by atoms with E-state index >= 15 is 0 Å². The highest BCUT2D eigenvalue weighted by Gasteiger charge is 2.20. The number of rotatable bonds is 2. The Kier molecular flexibility index (Phi) is 2.35. The van der Waals surface area contributed by atoms with Crippen LogP contribution in [0, 0.1) is 6.92 Å². The van der Waals surface area contributed by atoms with Gasteiger partial charge in [0.05, 0.1) is 0 Å². The van der Waals surface area contributed by atoms with E-state index in [1.54, 1.807) is 0 Å². The quantitative estimate of drug-likeness (QED) is 0.717. The van der Waals surface area contributed by atoms with Crippen LogP contribution in [0.1, 0.15) is 24.3 Å². The Hall–Kier alpha value is -0.340. The van der Waals surface area contributed by atoms with Crippen molar-refractivity contribution < 1.29 is 0 Å². The molecule has 1 aromatic rings. The summed E-state index contributed by atoms with van der Waals surface area (Å²) in [5.41, 5.74) is 1.51. The Morgan fingerprint density at radius 1 is 1.45 bits per heavy atom. The molecule has 2 heteroatoms. The van der Waals surface area contributed by atoms with E-state index in [1.807, 2.05) is 18.4 Å². The molecule has 1 aromatic heterocycles. The Morgan fingerprint density at radius 3 is 2.45 bits per heavy atom. The van der Waals surface area contributed by atoms with E-state index in [2.05, 4.69) is 37.5 Å². The first-order chi connectivity index (χ1) is 5.08. The van der Waals surface area contributed by atoms with Crippen LogP contribution < -0.4 is 5.32 Å². The van der Waals surface area contributed by atoms with Crippen molar-refractivity contribution in [2.45, 2.75) is 26.3 Å². The van der Waals surface area contributed by atoms with Crippen LogP contribution in [0.3, 0.4) is 0 Å². The Labute approximate surface area is 72.4 Å². The van der Waals surface area contributed by atoms with Crippen LogP contribution in [-0.2, 0) is 5.54 Å². The fraction of sp³-hybridized carbons (Fsp3) is 0.556. The maximum absolute atomic E-state index is 3.29. The zero-order valence-electron chi connectivity index (χ0n) is 7.56. The van der Waals surface area contributed by atoms with E-state index in [0.717, 1.165) is 0 Å². The van der Waals surface area contributed by atoms with Gasteiger partial charge in [0.15, 0.2) is 0 Å². The van der Waals surface area contributed by atoms with Gasteiger partial charge in [0.1, 0.15) is 0 Å². The maximum atomic E-state index is 3.29. The first kappa shape index (κ1) is 8.75. The molecule has 1 N–H and O–H groups in total. The summed E-state index contributed by atoms with van der Waals surface area (Å²) in [6, 6.07) is 2.17. The summed E-state index contributed by atoms with van der Waals surface area (Å²) in [7, 11) is 2.00. The van der Waals surface area contributed by atoms with Crippen LogP contribution in [-0.4, -0.2) is 7.05 Å². The average Bonchev–Trinajstić information content (AvgIpc) is 2.36. The molecule has 1 nitrogen and oxygen atoms in total. The minimum atomic E-state index is 0.123. The first-order valence-electron chi connectivity index (χ1n) is 3.81. The molecule has 0 spiro atoms. The monoisotopic (exact) mass is 169 g/mol. The van der Waals surface area contributed by atoms with Crippen molar-refractivity contribution in [3.05, 3.63) is 21.9 Å². The Balaban J connectivity index is 3.00. The lowest BCUT2D eigenvalue weighted by Crippen LogP contribution is -2.32. The smallest absolute Gasteiger partial charge is 0.0471 e. The van der Waals surface area contributed by atoms with E-state index in [4.69, 9.17) is 0 Å². The summed E-state index contributed by atoms with van der Waals surface area (Å²) < 4.78 is 0. The molecule has 0 atom stereocenters. The number of hydrogen-bond donors (Lipinski definition) is 1. The highest BCUT2D eigenvalue weighted by molar-refractivity contribution is 7.10. The minimum absolute atomic E-state index is 0.123. The lowest BCUT2D eigenvalue weighted by molar-refractivity contribution is 0.452. The molecule has 11 heavy (non-hydrogen) atoms. The number of nitrogens with one attached hydrogen (secondary N) is 1. The van der Waals surface area contributed by atoms with Gasteiger partial charge >= 0.3 is 0 Å². The van der Waals surface area contributed by atoms with E-state index in [0.29, 0.717) is 0 Å². The summed E-state index contributed by atoms with van der Waals surface area (Å²) in [6.07, 6.45) is 0. The third kappa shape index (κ3) is 1.63. The molecule has 0 fully saturated rings. The number of aryl methyl sites for hydroxylation is 1. The van der Waals surface area contributed by atoms with Gasteiger partial charge in [0.25, 0.3) is 0 Å². The first-order valence-corrected chi connectivity index (χ1v) is 4.69. The standard InChI is InChI=1S/C9H15NS/c1-7-5-6-11-8(7)9(2,3)10-4/h5-6,10H,1-4H3. The highest BCUT2D eigenvalue weighted by atomic mass is 32.1. The van der Waals surface area contributed by atoms with Crippen molar-refractivity contribution >= 4 is 11.3 Å². The SMILES string of the molecule is CNC(C)(C)c1sccc1C. The normalized spacial score (nSPS) is 12.0. The third-order valence-corrected chi connectivity index (χ3v) is 3.39. The van der Waals surface area contributed by atoms with Crippen molar-refractivity contribution in [2.75, 3.05) is 7.05 Å². The molecule has 0 amide bonds. The topological polar surface area (TPSA) is 12.0 Å². The molecule has 0 bridgehead atoms. The lowest BCUT2D eigenvalue weighted by atomic mass is 10.0. The van der Waals surface area contributed by atoms with Gasteiger partial charge in [0.2, 0.25) is 0 Å². The van der Waals surface area contributed by atoms with Crippen molar-refractivity contribution in [2.24, 2.45) is 0 Å². The van der Waals surface area contributed by atoms with Crippen LogP contribution in [0.5, 0.6) is 0 Å². The predicted octanol–water partition coefficient (Wildman–Crippen LogP) is 2.51. The molecular formula is C9H15NS. The second kappa shape index (κ2) is 2.95. The van der Waals surface area contributed by atoms with Gasteiger partial charge in [-0.2, -0.15) is 0 Å². The predicted molar refractivity (Wildman–Crippen MR) is 51.1 cm³/mol. The van der Waals surface area contributed by atoms with E-state index in [1.165, 1.54) is 10.4 Å². The van der Waals surface area contributed by atoms with Crippen LogP contribution in [0.15, 0.2) is 11.4 Å². The van der Waals surface area contributed by atoms with E-state index < -0.39 is 0 Å². The third-order valence-electron chi connectivity index (χ3n) is 2.05.